The summed E-state index contributed by atoms with van der Waals surface area (Å²) in [6.45, 7) is 8.07. The zero-order valence-corrected chi connectivity index (χ0v) is 34.2. The molecule has 2 heterocycles. The normalized spacial score (nSPS) is 23.4. The second kappa shape index (κ2) is 22.2. The smallest absolute Gasteiger partial charge is 0.252 e. The van der Waals surface area contributed by atoms with Crippen LogP contribution in [0.2, 0.25) is 0 Å². The van der Waals surface area contributed by atoms with Crippen LogP contribution in [-0.4, -0.2) is 89.3 Å². The summed E-state index contributed by atoms with van der Waals surface area (Å²) < 4.78 is 0. The minimum Gasteiger partial charge on any atom is -0.391 e. The molecule has 0 fully saturated rings. The number of rotatable bonds is 9. The van der Waals surface area contributed by atoms with Gasteiger partial charge in [0.2, 0.25) is 35.4 Å². The van der Waals surface area contributed by atoms with Gasteiger partial charge in [0.05, 0.1) is 12.6 Å². The zero-order valence-electron chi connectivity index (χ0n) is 34.2. The maximum Gasteiger partial charge on any atom is 0.252 e. The fraction of sp³-hybridized carbons (Fsp3) is 0.432. The van der Waals surface area contributed by atoms with Gasteiger partial charge in [-0.3, -0.25) is 33.6 Å². The molecule has 2 aliphatic heterocycles. The second-order valence-corrected chi connectivity index (χ2v) is 15.1. The molecule has 2 bridgehead atoms. The van der Waals surface area contributed by atoms with Crippen LogP contribution in [0.4, 0.5) is 0 Å². The Kier molecular flexibility index (Phi) is 17.1. The minimum atomic E-state index is -1.45. The lowest BCUT2D eigenvalue weighted by atomic mass is 9.94. The Morgan fingerprint density at radius 2 is 0.966 bits per heavy atom. The molecule has 0 aromatic heterocycles. The number of aliphatic hydroxyl groups is 1. The molecule has 7 amide bonds. The Morgan fingerprint density at radius 3 is 1.44 bits per heavy atom. The lowest BCUT2D eigenvalue weighted by molar-refractivity contribution is -0.136. The standard InChI is InChI=1S/C44H57N7O8/c1-6-26(3)36-42(57)48-34(23-30-16-12-9-13-17-30)41(56)46-25-35(53)47-33(22-29-14-10-8-11-15-29)40(55)45-24-31-18-20-32(21-19-31)39(54)51-38(28(5)52)44(59)50-37(27(4)7-2)43(58)49-36/h8-21,26-28,33-34,36-38,52H,6-7,22-25H2,1-5H3,(H,45,55)(H,46,56)(H,47,53)(H,48,57)(H,49,58)(H,50,59)(H,51,54)/t26-,27-,28+,33-,34-,36-,37-,38-/m0/s1. The van der Waals surface area contributed by atoms with Crippen molar-refractivity contribution in [2.24, 2.45) is 11.8 Å². The van der Waals surface area contributed by atoms with Crippen LogP contribution in [0.25, 0.3) is 0 Å². The molecule has 59 heavy (non-hydrogen) atoms. The molecule has 15 nitrogen and oxygen atoms in total. The quantitative estimate of drug-likeness (QED) is 0.147. The van der Waals surface area contributed by atoms with Gasteiger partial charge in [0.25, 0.3) is 5.91 Å². The van der Waals surface area contributed by atoms with E-state index in [0.29, 0.717) is 18.4 Å². The number of aliphatic hydroxyl groups excluding tert-OH is 1. The largest absolute Gasteiger partial charge is 0.391 e. The van der Waals surface area contributed by atoms with Gasteiger partial charge in [-0.25, -0.2) is 0 Å². The van der Waals surface area contributed by atoms with Crippen molar-refractivity contribution in [2.75, 3.05) is 6.54 Å². The van der Waals surface area contributed by atoms with Crippen LogP contribution in [0.3, 0.4) is 0 Å². The predicted molar refractivity (Wildman–Crippen MR) is 221 cm³/mol. The van der Waals surface area contributed by atoms with E-state index >= 15 is 0 Å². The number of hydrogen-bond donors (Lipinski definition) is 8. The molecule has 3 aromatic carbocycles. The Balaban J connectivity index is 1.70. The maximum atomic E-state index is 14.1. The third-order valence-electron chi connectivity index (χ3n) is 10.6. The van der Waals surface area contributed by atoms with E-state index in [0.717, 1.165) is 11.1 Å². The molecule has 3 aromatic rings. The van der Waals surface area contributed by atoms with Crippen molar-refractivity contribution in [3.05, 3.63) is 107 Å². The van der Waals surface area contributed by atoms with Crippen LogP contribution in [0, 0.1) is 11.8 Å². The van der Waals surface area contributed by atoms with E-state index in [1.165, 1.54) is 19.1 Å². The van der Waals surface area contributed by atoms with Crippen molar-refractivity contribution in [1.82, 2.24) is 37.2 Å². The van der Waals surface area contributed by atoms with Gasteiger partial charge in [0, 0.05) is 24.9 Å². The minimum absolute atomic E-state index is 0.0505. The Morgan fingerprint density at radius 1 is 0.525 bits per heavy atom. The van der Waals surface area contributed by atoms with Gasteiger partial charge in [0.15, 0.2) is 0 Å². The Labute approximate surface area is 345 Å². The van der Waals surface area contributed by atoms with E-state index in [-0.39, 0.29) is 24.9 Å². The molecule has 8 atom stereocenters. The summed E-state index contributed by atoms with van der Waals surface area (Å²) in [6.07, 6.45) is -0.233. The van der Waals surface area contributed by atoms with Crippen molar-refractivity contribution in [3.8, 4) is 0 Å². The summed E-state index contributed by atoms with van der Waals surface area (Å²) in [4.78, 5) is 95.9. The summed E-state index contributed by atoms with van der Waals surface area (Å²) in [5.41, 5.74) is 2.31. The molecular weight excluding hydrogens is 755 g/mol. The number of hydrogen-bond acceptors (Lipinski definition) is 8. The van der Waals surface area contributed by atoms with Gasteiger partial charge >= 0.3 is 0 Å². The summed E-state index contributed by atoms with van der Waals surface area (Å²) in [7, 11) is 0. The molecule has 316 valence electrons. The topological polar surface area (TPSA) is 224 Å². The van der Waals surface area contributed by atoms with E-state index < -0.39 is 96.0 Å². The van der Waals surface area contributed by atoms with Crippen molar-refractivity contribution >= 4 is 41.4 Å². The molecule has 8 N–H and O–H groups in total. The Hall–Kier alpha value is -6.09. The lowest BCUT2D eigenvalue weighted by Gasteiger charge is -2.31. The highest BCUT2D eigenvalue weighted by molar-refractivity contribution is 5.99. The fourth-order valence-electron chi connectivity index (χ4n) is 6.52. The van der Waals surface area contributed by atoms with Gasteiger partial charge in [-0.15, -0.1) is 0 Å². The SMILES string of the molecule is CC[C@H](C)[C@@H]1NC(=O)[C@H]([C@@H](C)O)NC(=O)c2ccc(cc2)CNC(=O)[C@H](Cc2ccccc2)NC(=O)CNC(=O)[C@H](Cc2ccccc2)NC(=O)[C@H]([C@@H](C)CC)NC1=O. The highest BCUT2D eigenvalue weighted by Gasteiger charge is 2.36. The first-order chi connectivity index (χ1) is 28.2. The summed E-state index contributed by atoms with van der Waals surface area (Å²) in [6, 6.07) is 18.3. The number of benzene rings is 3. The molecule has 0 spiro atoms. The van der Waals surface area contributed by atoms with Crippen molar-refractivity contribution < 1.29 is 38.7 Å². The van der Waals surface area contributed by atoms with Crippen molar-refractivity contribution in [1.29, 1.82) is 0 Å². The first-order valence-corrected chi connectivity index (χ1v) is 20.1. The predicted octanol–water partition coefficient (Wildman–Crippen LogP) is 1.43. The van der Waals surface area contributed by atoms with E-state index in [9.17, 15) is 38.7 Å². The lowest BCUT2D eigenvalue weighted by Crippen LogP contribution is -2.62. The van der Waals surface area contributed by atoms with E-state index in [2.05, 4.69) is 37.2 Å². The number of amides is 7. The molecule has 0 radical (unpaired) electrons. The average Bonchev–Trinajstić information content (AvgIpc) is 3.23. The summed E-state index contributed by atoms with van der Waals surface area (Å²) in [5.74, 6) is -5.46. The van der Waals surface area contributed by atoms with Gasteiger partial charge in [-0.05, 0) is 47.6 Å². The molecule has 0 saturated heterocycles. The van der Waals surface area contributed by atoms with E-state index in [1.54, 1.807) is 50.2 Å². The highest BCUT2D eigenvalue weighted by atomic mass is 16.3. The molecule has 2 aliphatic rings. The molecule has 0 saturated carbocycles. The van der Waals surface area contributed by atoms with Crippen LogP contribution in [0.1, 0.15) is 74.5 Å². The van der Waals surface area contributed by atoms with Crippen LogP contribution in [-0.2, 0) is 48.2 Å². The van der Waals surface area contributed by atoms with Gasteiger partial charge in [-0.1, -0.05) is 113 Å². The maximum absolute atomic E-state index is 14.1. The van der Waals surface area contributed by atoms with Gasteiger partial charge in [0.1, 0.15) is 30.2 Å². The van der Waals surface area contributed by atoms with Gasteiger partial charge < -0.3 is 42.3 Å². The van der Waals surface area contributed by atoms with Crippen molar-refractivity contribution in [2.45, 2.75) is 103 Å². The Bertz CT molecular complexity index is 1910. The number of carbonyl (C=O) groups is 7. The molecule has 5 rings (SSSR count). The summed E-state index contributed by atoms with van der Waals surface area (Å²) in [5, 5.41) is 29.6. The summed E-state index contributed by atoms with van der Waals surface area (Å²) >= 11 is 0. The first-order valence-electron chi connectivity index (χ1n) is 20.1. The highest BCUT2D eigenvalue weighted by Crippen LogP contribution is 2.15. The van der Waals surface area contributed by atoms with Gasteiger partial charge in [-0.2, -0.15) is 0 Å². The monoisotopic (exact) mass is 811 g/mol. The number of carbonyl (C=O) groups excluding carboxylic acids is 7. The second-order valence-electron chi connectivity index (χ2n) is 15.1. The van der Waals surface area contributed by atoms with Crippen LogP contribution in [0.5, 0.6) is 0 Å². The fourth-order valence-corrected chi connectivity index (χ4v) is 6.52. The molecular formula is C44H57N7O8. The van der Waals surface area contributed by atoms with Crippen LogP contribution in [0.15, 0.2) is 84.9 Å². The first kappa shape index (κ1) is 45.6. The molecule has 15 heteroatoms. The third-order valence-corrected chi connectivity index (χ3v) is 10.6. The average molecular weight is 812 g/mol. The van der Waals surface area contributed by atoms with Crippen LogP contribution < -0.4 is 37.2 Å². The molecule has 0 unspecified atom stereocenters. The van der Waals surface area contributed by atoms with E-state index in [1.807, 2.05) is 50.2 Å². The zero-order chi connectivity index (χ0) is 43.1. The van der Waals surface area contributed by atoms with Crippen molar-refractivity contribution in [3.63, 3.8) is 0 Å². The van der Waals surface area contributed by atoms with E-state index in [4.69, 9.17) is 0 Å². The van der Waals surface area contributed by atoms with Crippen LogP contribution >= 0.6 is 0 Å². The number of nitrogens with one attached hydrogen (secondary N) is 7. The molecule has 0 aliphatic carbocycles. The number of fused-ring (bicyclic) bond motifs is 22. The third kappa shape index (κ3) is 13.5.